The van der Waals surface area contributed by atoms with E-state index in [2.05, 4.69) is 5.32 Å². The van der Waals surface area contributed by atoms with Crippen LogP contribution in [0.2, 0.25) is 0 Å². The Kier molecular flexibility index (Phi) is 7.96. The number of aliphatic hydroxyl groups is 1. The molecule has 6 nitrogen and oxygen atoms in total. The van der Waals surface area contributed by atoms with Crippen molar-refractivity contribution < 1.29 is 19.8 Å². The molecule has 7 heteroatoms. The Hall–Kier alpha value is -0.790. The van der Waals surface area contributed by atoms with Gasteiger partial charge in [0.1, 0.15) is 0 Å². The summed E-state index contributed by atoms with van der Waals surface area (Å²) in [5, 5.41) is 19.8. The number of carbonyl (C=O) groups is 2. The first-order chi connectivity index (χ1) is 7.49. The first-order valence-corrected chi connectivity index (χ1v) is 6.31. The number of aliphatic carboxylic acids is 1. The van der Waals surface area contributed by atoms with Gasteiger partial charge in [-0.05, 0) is 18.4 Å². The molecule has 16 heavy (non-hydrogen) atoms. The fourth-order valence-corrected chi connectivity index (χ4v) is 1.45. The van der Waals surface area contributed by atoms with Gasteiger partial charge in [-0.25, -0.2) is 4.79 Å². The zero-order valence-electron chi connectivity index (χ0n) is 9.18. The highest BCUT2D eigenvalue weighted by Crippen LogP contribution is 1.98. The molecule has 0 bridgehead atoms. The van der Waals surface area contributed by atoms with E-state index in [1.54, 1.807) is 11.8 Å². The lowest BCUT2D eigenvalue weighted by Gasteiger charge is -2.12. The van der Waals surface area contributed by atoms with Gasteiger partial charge in [-0.1, -0.05) is 0 Å². The summed E-state index contributed by atoms with van der Waals surface area (Å²) in [5.74, 6) is -0.806. The van der Waals surface area contributed by atoms with E-state index in [4.69, 9.17) is 15.9 Å². The second-order valence-electron chi connectivity index (χ2n) is 3.32. The number of aliphatic hydroxyl groups excluding tert-OH is 1. The maximum atomic E-state index is 11.3. The number of amides is 1. The van der Waals surface area contributed by atoms with Crippen molar-refractivity contribution in [2.75, 3.05) is 18.6 Å². The van der Waals surface area contributed by atoms with Crippen LogP contribution < -0.4 is 11.1 Å². The molecule has 0 radical (unpaired) electrons. The van der Waals surface area contributed by atoms with Crippen molar-refractivity contribution in [1.82, 2.24) is 5.32 Å². The molecule has 0 rings (SSSR count). The highest BCUT2D eigenvalue weighted by atomic mass is 32.2. The monoisotopic (exact) mass is 250 g/mol. The van der Waals surface area contributed by atoms with Crippen LogP contribution in [-0.2, 0) is 9.59 Å². The number of nitrogens with one attached hydrogen (secondary N) is 1. The van der Waals surface area contributed by atoms with Crippen LogP contribution in [0.5, 0.6) is 0 Å². The maximum Gasteiger partial charge on any atom is 0.332 e. The van der Waals surface area contributed by atoms with Crippen LogP contribution in [0.3, 0.4) is 0 Å². The molecule has 2 atom stereocenters. The van der Waals surface area contributed by atoms with E-state index in [0.717, 1.165) is 5.75 Å². The molecule has 0 saturated carbocycles. The largest absolute Gasteiger partial charge is 0.479 e. The van der Waals surface area contributed by atoms with Gasteiger partial charge in [0.25, 0.3) is 0 Å². The Morgan fingerprint density at radius 2 is 2.06 bits per heavy atom. The highest BCUT2D eigenvalue weighted by molar-refractivity contribution is 7.98. The Bertz CT molecular complexity index is 238. The van der Waals surface area contributed by atoms with Gasteiger partial charge in [0, 0.05) is 13.0 Å². The molecule has 1 unspecified atom stereocenters. The normalized spacial score (nSPS) is 14.2. The Labute approximate surface area is 98.6 Å². The van der Waals surface area contributed by atoms with E-state index in [1.807, 2.05) is 6.26 Å². The molecule has 0 aliphatic heterocycles. The van der Waals surface area contributed by atoms with E-state index in [1.165, 1.54) is 0 Å². The van der Waals surface area contributed by atoms with Crippen molar-refractivity contribution in [3.8, 4) is 0 Å². The van der Waals surface area contributed by atoms with Gasteiger partial charge < -0.3 is 21.3 Å². The van der Waals surface area contributed by atoms with Crippen molar-refractivity contribution in [2.24, 2.45) is 5.73 Å². The molecule has 0 aromatic rings. The fraction of sp³-hybridized carbons (Fsp3) is 0.778. The summed E-state index contributed by atoms with van der Waals surface area (Å²) >= 11 is 1.60. The molecule has 0 aromatic carbocycles. The lowest BCUT2D eigenvalue weighted by atomic mass is 10.2. The molecular formula is C9H18N2O4S. The van der Waals surface area contributed by atoms with Gasteiger partial charge >= 0.3 is 5.97 Å². The minimum atomic E-state index is -1.44. The fourth-order valence-electron chi connectivity index (χ4n) is 0.963. The Balaban J connectivity index is 3.68. The van der Waals surface area contributed by atoms with Crippen LogP contribution in [0.15, 0.2) is 0 Å². The highest BCUT2D eigenvalue weighted by Gasteiger charge is 2.15. The lowest BCUT2D eigenvalue weighted by molar-refractivity contribution is -0.147. The van der Waals surface area contributed by atoms with Crippen molar-refractivity contribution >= 4 is 23.6 Å². The second kappa shape index (κ2) is 8.37. The van der Waals surface area contributed by atoms with Crippen LogP contribution in [0.1, 0.15) is 12.8 Å². The number of carbonyl (C=O) groups excluding carboxylic acids is 1. The first kappa shape index (κ1) is 15.2. The summed E-state index contributed by atoms with van der Waals surface area (Å²) in [5.41, 5.74) is 5.58. The summed E-state index contributed by atoms with van der Waals surface area (Å²) in [6.07, 6.45) is 1.04. The summed E-state index contributed by atoms with van der Waals surface area (Å²) in [7, 11) is 0. The van der Waals surface area contributed by atoms with Crippen LogP contribution in [-0.4, -0.2) is 52.8 Å². The number of carboxylic acids is 1. The minimum absolute atomic E-state index is 0.0175. The maximum absolute atomic E-state index is 11.3. The van der Waals surface area contributed by atoms with Gasteiger partial charge in [-0.2, -0.15) is 11.8 Å². The number of nitrogens with two attached hydrogens (primary N) is 1. The molecule has 94 valence electrons. The number of thioether (sulfide) groups is 1. The topological polar surface area (TPSA) is 113 Å². The third-order valence-corrected chi connectivity index (χ3v) is 2.62. The van der Waals surface area contributed by atoms with Crippen LogP contribution in [0.4, 0.5) is 0 Å². The average Bonchev–Trinajstić information content (AvgIpc) is 2.25. The molecule has 0 aliphatic carbocycles. The van der Waals surface area contributed by atoms with Crippen LogP contribution >= 0.6 is 11.8 Å². The zero-order valence-corrected chi connectivity index (χ0v) is 10.00. The van der Waals surface area contributed by atoms with Gasteiger partial charge in [-0.3, -0.25) is 4.79 Å². The van der Waals surface area contributed by atoms with E-state index in [0.29, 0.717) is 6.42 Å². The molecule has 0 aromatic heterocycles. The summed E-state index contributed by atoms with van der Waals surface area (Å²) in [6, 6.07) is -0.575. The van der Waals surface area contributed by atoms with Gasteiger partial charge in [-0.15, -0.1) is 0 Å². The summed E-state index contributed by atoms with van der Waals surface area (Å²) < 4.78 is 0. The third-order valence-electron chi connectivity index (χ3n) is 1.97. The van der Waals surface area contributed by atoms with Crippen molar-refractivity contribution in [1.29, 1.82) is 0 Å². The summed E-state index contributed by atoms with van der Waals surface area (Å²) in [4.78, 5) is 21.6. The number of hydrogen-bond donors (Lipinski definition) is 4. The van der Waals surface area contributed by atoms with Gasteiger partial charge in [0.15, 0.2) is 6.10 Å². The predicted molar refractivity (Wildman–Crippen MR) is 62.2 cm³/mol. The van der Waals surface area contributed by atoms with Crippen molar-refractivity contribution in [3.63, 3.8) is 0 Å². The number of hydrogen-bond acceptors (Lipinski definition) is 5. The smallest absolute Gasteiger partial charge is 0.332 e. The first-order valence-electron chi connectivity index (χ1n) is 4.92. The Morgan fingerprint density at radius 3 is 2.56 bits per heavy atom. The van der Waals surface area contributed by atoms with E-state index >= 15 is 0 Å². The van der Waals surface area contributed by atoms with Crippen LogP contribution in [0, 0.1) is 0 Å². The van der Waals surface area contributed by atoms with E-state index < -0.39 is 18.1 Å². The van der Waals surface area contributed by atoms with E-state index in [-0.39, 0.29) is 18.9 Å². The van der Waals surface area contributed by atoms with E-state index in [9.17, 15) is 9.59 Å². The second-order valence-corrected chi connectivity index (χ2v) is 4.31. The Morgan fingerprint density at radius 1 is 1.44 bits per heavy atom. The van der Waals surface area contributed by atoms with Crippen molar-refractivity contribution in [2.45, 2.75) is 25.0 Å². The number of carboxylic acid groups (broad SMARTS) is 1. The van der Waals surface area contributed by atoms with Crippen molar-refractivity contribution in [3.05, 3.63) is 0 Å². The standard InChI is InChI=1S/C9H18N2O4S/c1-16-5-3-6(10)8(13)11-4-2-7(12)9(14)15/h6-7,12H,2-5,10H2,1H3,(H,11,13)(H,14,15)/t6-,7?/m0/s1. The molecular weight excluding hydrogens is 232 g/mol. The average molecular weight is 250 g/mol. The molecule has 0 heterocycles. The third kappa shape index (κ3) is 6.65. The quantitative estimate of drug-likeness (QED) is 0.440. The molecule has 0 saturated heterocycles. The van der Waals surface area contributed by atoms with Gasteiger partial charge in [0.2, 0.25) is 5.91 Å². The lowest BCUT2D eigenvalue weighted by Crippen LogP contribution is -2.42. The molecule has 5 N–H and O–H groups in total. The molecule has 1 amide bonds. The molecule has 0 spiro atoms. The summed E-state index contributed by atoms with van der Waals surface area (Å²) in [6.45, 7) is 0.110. The van der Waals surface area contributed by atoms with Gasteiger partial charge in [0.05, 0.1) is 6.04 Å². The predicted octanol–water partition coefficient (Wildman–Crippen LogP) is -0.981. The molecule has 0 aliphatic rings. The molecule has 0 fully saturated rings. The zero-order chi connectivity index (χ0) is 12.6. The number of rotatable bonds is 8. The van der Waals surface area contributed by atoms with Crippen LogP contribution in [0.25, 0.3) is 0 Å². The minimum Gasteiger partial charge on any atom is -0.479 e. The SMILES string of the molecule is CSCC[C@H](N)C(=O)NCCC(O)C(=O)O.